The molecule has 0 saturated heterocycles. The molecule has 0 bridgehead atoms. The molecule has 6 nitrogen and oxygen atoms in total. The van der Waals surface area contributed by atoms with Crippen molar-refractivity contribution in [2.24, 2.45) is 4.99 Å². The number of aromatic nitrogens is 2. The summed E-state index contributed by atoms with van der Waals surface area (Å²) in [4.78, 5) is 14.8. The minimum atomic E-state index is 0.483. The lowest BCUT2D eigenvalue weighted by molar-refractivity contribution is 0.307. The lowest BCUT2D eigenvalue weighted by Crippen LogP contribution is -2.40. The van der Waals surface area contributed by atoms with Crippen LogP contribution in [0.3, 0.4) is 0 Å². The number of pyridine rings is 1. The van der Waals surface area contributed by atoms with Gasteiger partial charge in [-0.2, -0.15) is 0 Å². The Hall–Kier alpha value is -1.86. The molecule has 0 fully saturated rings. The molecular weight excluding hydrogens is 334 g/mol. The van der Waals surface area contributed by atoms with Gasteiger partial charge in [-0.3, -0.25) is 4.99 Å². The van der Waals surface area contributed by atoms with Crippen LogP contribution in [0, 0.1) is 6.92 Å². The molecule has 0 aromatic carbocycles. The van der Waals surface area contributed by atoms with Crippen LogP contribution >= 0.6 is 22.9 Å². The molecule has 0 spiro atoms. The van der Waals surface area contributed by atoms with Crippen molar-refractivity contribution in [3.8, 4) is 5.88 Å². The van der Waals surface area contributed by atoms with Gasteiger partial charge in [-0.05, 0) is 13.0 Å². The predicted molar refractivity (Wildman–Crippen MR) is 94.4 cm³/mol. The molecule has 0 radical (unpaired) electrons. The first-order valence-corrected chi connectivity index (χ1v) is 8.41. The second-order valence-corrected chi connectivity index (χ2v) is 6.35. The first kappa shape index (κ1) is 17.5. The van der Waals surface area contributed by atoms with E-state index in [0.717, 1.165) is 16.7 Å². The lowest BCUT2D eigenvalue weighted by atomic mass is 10.4. The Morgan fingerprint density at radius 1 is 1.48 bits per heavy atom. The molecule has 23 heavy (non-hydrogen) atoms. The smallest absolute Gasteiger partial charge is 0.213 e. The summed E-state index contributed by atoms with van der Waals surface area (Å²) >= 11 is 7.43. The van der Waals surface area contributed by atoms with E-state index in [1.54, 1.807) is 36.7 Å². The number of thiazole rings is 1. The van der Waals surface area contributed by atoms with Crippen LogP contribution in [0.2, 0.25) is 5.02 Å². The highest BCUT2D eigenvalue weighted by Crippen LogP contribution is 2.11. The molecule has 2 heterocycles. The number of aryl methyl sites for hydroxylation is 1. The zero-order valence-electron chi connectivity index (χ0n) is 13.4. The second kappa shape index (κ2) is 8.69. The molecule has 2 aromatic rings. The Morgan fingerprint density at radius 2 is 2.30 bits per heavy atom. The average molecular weight is 354 g/mol. The van der Waals surface area contributed by atoms with Gasteiger partial charge in [-0.15, -0.1) is 11.3 Å². The molecule has 0 aliphatic carbocycles. The van der Waals surface area contributed by atoms with Crippen LogP contribution in [-0.2, 0) is 6.54 Å². The van der Waals surface area contributed by atoms with Gasteiger partial charge in [0.15, 0.2) is 5.96 Å². The quantitative estimate of drug-likeness (QED) is 0.491. The highest BCUT2D eigenvalue weighted by atomic mass is 35.5. The van der Waals surface area contributed by atoms with Gasteiger partial charge < -0.3 is 15.0 Å². The molecule has 8 heteroatoms. The SMILES string of the molecule is CN=C(NCCOc1ccc(Cl)cn1)N(C)Cc1csc(C)n1. The second-order valence-electron chi connectivity index (χ2n) is 4.85. The number of nitrogens with zero attached hydrogens (tertiary/aromatic N) is 4. The molecule has 2 aromatic heterocycles. The Morgan fingerprint density at radius 3 is 2.91 bits per heavy atom. The van der Waals surface area contributed by atoms with Crippen LogP contribution < -0.4 is 10.1 Å². The minimum Gasteiger partial charge on any atom is -0.476 e. The fraction of sp³-hybridized carbons (Fsp3) is 0.400. The van der Waals surface area contributed by atoms with Crippen molar-refractivity contribution in [1.82, 2.24) is 20.2 Å². The first-order chi connectivity index (χ1) is 11.1. The maximum absolute atomic E-state index is 5.78. The highest BCUT2D eigenvalue weighted by molar-refractivity contribution is 7.09. The highest BCUT2D eigenvalue weighted by Gasteiger charge is 2.08. The normalized spacial score (nSPS) is 11.4. The molecule has 0 saturated carbocycles. The summed E-state index contributed by atoms with van der Waals surface area (Å²) in [6, 6.07) is 3.49. The molecule has 0 aliphatic rings. The van der Waals surface area contributed by atoms with E-state index >= 15 is 0 Å². The summed E-state index contributed by atoms with van der Waals surface area (Å²) in [5.74, 6) is 1.35. The predicted octanol–water partition coefficient (Wildman–Crippen LogP) is 2.59. The minimum absolute atomic E-state index is 0.483. The summed E-state index contributed by atoms with van der Waals surface area (Å²) < 4.78 is 5.54. The molecule has 2 rings (SSSR count). The summed E-state index contributed by atoms with van der Waals surface area (Å²) in [7, 11) is 3.73. The zero-order chi connectivity index (χ0) is 16.7. The van der Waals surface area contributed by atoms with Gasteiger partial charge in [0.25, 0.3) is 0 Å². The lowest BCUT2D eigenvalue weighted by Gasteiger charge is -2.21. The molecular formula is C15H20ClN5OS. The van der Waals surface area contributed by atoms with Gasteiger partial charge in [0.05, 0.1) is 28.8 Å². The summed E-state index contributed by atoms with van der Waals surface area (Å²) in [6.07, 6.45) is 1.56. The summed E-state index contributed by atoms with van der Waals surface area (Å²) in [5, 5.41) is 6.98. The standard InChI is InChI=1S/C15H20ClN5OS/c1-11-20-13(10-23-11)9-21(3)15(17-2)18-6-7-22-14-5-4-12(16)8-19-14/h4-5,8,10H,6-7,9H2,1-3H3,(H,17,18). The van der Waals surface area contributed by atoms with Gasteiger partial charge >= 0.3 is 0 Å². The average Bonchev–Trinajstić information content (AvgIpc) is 2.94. The van der Waals surface area contributed by atoms with E-state index in [2.05, 4.69) is 25.7 Å². The number of hydrogen-bond acceptors (Lipinski definition) is 5. The van der Waals surface area contributed by atoms with E-state index in [1.165, 1.54) is 0 Å². The van der Waals surface area contributed by atoms with E-state index in [0.29, 0.717) is 30.6 Å². The molecule has 0 aliphatic heterocycles. The van der Waals surface area contributed by atoms with E-state index in [4.69, 9.17) is 16.3 Å². The Balaban J connectivity index is 1.75. The summed E-state index contributed by atoms with van der Waals surface area (Å²) in [5.41, 5.74) is 1.04. The first-order valence-electron chi connectivity index (χ1n) is 7.15. The van der Waals surface area contributed by atoms with Gasteiger partial charge in [0, 0.05) is 31.7 Å². The van der Waals surface area contributed by atoms with Crippen LogP contribution in [0.1, 0.15) is 10.7 Å². The van der Waals surface area contributed by atoms with E-state index < -0.39 is 0 Å². The number of guanidine groups is 1. The molecule has 124 valence electrons. The van der Waals surface area contributed by atoms with E-state index in [1.807, 2.05) is 18.9 Å². The topological polar surface area (TPSA) is 62.6 Å². The maximum atomic E-state index is 5.78. The third kappa shape index (κ3) is 5.69. The zero-order valence-corrected chi connectivity index (χ0v) is 15.0. The van der Waals surface area contributed by atoms with Crippen LogP contribution in [-0.4, -0.2) is 48.1 Å². The largest absolute Gasteiger partial charge is 0.476 e. The number of aliphatic imine (C=N–C) groups is 1. The van der Waals surface area contributed by atoms with Gasteiger partial charge in [0.2, 0.25) is 5.88 Å². The Bertz CT molecular complexity index is 644. The number of rotatable bonds is 6. The fourth-order valence-corrected chi connectivity index (χ4v) is 2.67. The van der Waals surface area contributed by atoms with Crippen molar-refractivity contribution in [2.75, 3.05) is 27.2 Å². The summed E-state index contributed by atoms with van der Waals surface area (Å²) in [6.45, 7) is 3.82. The fourth-order valence-electron chi connectivity index (χ4n) is 1.95. The third-order valence-electron chi connectivity index (χ3n) is 2.97. The molecule has 0 atom stereocenters. The van der Waals surface area contributed by atoms with Crippen LogP contribution in [0.25, 0.3) is 0 Å². The van der Waals surface area contributed by atoms with Crippen molar-refractivity contribution in [2.45, 2.75) is 13.5 Å². The van der Waals surface area contributed by atoms with Crippen molar-refractivity contribution in [3.05, 3.63) is 39.4 Å². The Kier molecular flexibility index (Phi) is 6.61. The van der Waals surface area contributed by atoms with E-state index in [-0.39, 0.29) is 0 Å². The third-order valence-corrected chi connectivity index (χ3v) is 4.02. The Labute approximate surface area is 145 Å². The van der Waals surface area contributed by atoms with Crippen LogP contribution in [0.15, 0.2) is 28.7 Å². The monoisotopic (exact) mass is 353 g/mol. The van der Waals surface area contributed by atoms with Crippen molar-refractivity contribution < 1.29 is 4.74 Å². The maximum Gasteiger partial charge on any atom is 0.213 e. The van der Waals surface area contributed by atoms with E-state index in [9.17, 15) is 0 Å². The van der Waals surface area contributed by atoms with Crippen LogP contribution in [0.4, 0.5) is 0 Å². The van der Waals surface area contributed by atoms with Gasteiger partial charge in [0.1, 0.15) is 6.61 Å². The molecule has 0 amide bonds. The van der Waals surface area contributed by atoms with Gasteiger partial charge in [-0.25, -0.2) is 9.97 Å². The number of halogens is 1. The van der Waals surface area contributed by atoms with Crippen molar-refractivity contribution in [3.63, 3.8) is 0 Å². The van der Waals surface area contributed by atoms with Crippen molar-refractivity contribution in [1.29, 1.82) is 0 Å². The molecule has 0 unspecified atom stereocenters. The number of ether oxygens (including phenoxy) is 1. The van der Waals surface area contributed by atoms with Crippen LogP contribution in [0.5, 0.6) is 5.88 Å². The number of hydrogen-bond donors (Lipinski definition) is 1. The molecule has 1 N–H and O–H groups in total. The van der Waals surface area contributed by atoms with Crippen molar-refractivity contribution >= 4 is 28.9 Å². The van der Waals surface area contributed by atoms with Gasteiger partial charge in [-0.1, -0.05) is 11.6 Å². The number of nitrogens with one attached hydrogen (secondary N) is 1.